The maximum absolute atomic E-state index is 13.0. The molecule has 0 spiro atoms. The number of nitrogens with one attached hydrogen (secondary N) is 1. The highest BCUT2D eigenvalue weighted by Gasteiger charge is 2.32. The van der Waals surface area contributed by atoms with E-state index in [-0.39, 0.29) is 19.4 Å². The fourth-order valence-corrected chi connectivity index (χ4v) is 5.62. The van der Waals surface area contributed by atoms with Crippen molar-refractivity contribution in [1.29, 1.82) is 0 Å². The first-order chi connectivity index (χ1) is 16.9. The molecule has 0 saturated carbocycles. The van der Waals surface area contributed by atoms with Gasteiger partial charge in [-0.1, -0.05) is 72.8 Å². The van der Waals surface area contributed by atoms with Crippen LogP contribution in [0, 0.1) is 0 Å². The lowest BCUT2D eigenvalue weighted by Crippen LogP contribution is -2.45. The van der Waals surface area contributed by atoms with E-state index in [0.717, 1.165) is 11.1 Å². The lowest BCUT2D eigenvalue weighted by Gasteiger charge is -2.26. The Morgan fingerprint density at radius 1 is 0.829 bits per heavy atom. The van der Waals surface area contributed by atoms with Gasteiger partial charge in [0, 0.05) is 11.5 Å². The molecular weight excluding hydrogens is 465 g/mol. The SMILES string of the molecule is CCOP(=O)(Cc1ccc(C(=O)N[C@@H](C(=O)O)C(c2ccccc2)c2ccccc2)cc1)OCC. The van der Waals surface area contributed by atoms with E-state index in [0.29, 0.717) is 11.1 Å². The first-order valence-electron chi connectivity index (χ1n) is 11.5. The third kappa shape index (κ3) is 7.12. The van der Waals surface area contributed by atoms with Gasteiger partial charge < -0.3 is 19.5 Å². The molecule has 1 atom stereocenters. The van der Waals surface area contributed by atoms with Crippen LogP contribution in [0.15, 0.2) is 84.9 Å². The summed E-state index contributed by atoms with van der Waals surface area (Å²) in [6.45, 7) is 4.02. The second kappa shape index (κ2) is 12.5. The Balaban J connectivity index is 1.83. The Morgan fingerprint density at radius 2 is 1.31 bits per heavy atom. The summed E-state index contributed by atoms with van der Waals surface area (Å²) in [6, 6.07) is 23.8. The summed E-state index contributed by atoms with van der Waals surface area (Å²) in [5, 5.41) is 12.8. The maximum Gasteiger partial charge on any atom is 0.335 e. The van der Waals surface area contributed by atoms with Crippen LogP contribution in [0.1, 0.15) is 46.8 Å². The zero-order valence-electron chi connectivity index (χ0n) is 19.8. The van der Waals surface area contributed by atoms with Crippen molar-refractivity contribution in [3.63, 3.8) is 0 Å². The van der Waals surface area contributed by atoms with Gasteiger partial charge in [0.15, 0.2) is 0 Å². The molecule has 0 aliphatic carbocycles. The Morgan fingerprint density at radius 3 is 1.74 bits per heavy atom. The van der Waals surface area contributed by atoms with E-state index in [1.807, 2.05) is 60.7 Å². The zero-order chi connectivity index (χ0) is 25.3. The monoisotopic (exact) mass is 495 g/mol. The van der Waals surface area contributed by atoms with Crippen LogP contribution in [0.5, 0.6) is 0 Å². The van der Waals surface area contributed by atoms with Gasteiger partial charge in [0.25, 0.3) is 5.91 Å². The van der Waals surface area contributed by atoms with Crippen molar-refractivity contribution in [3.8, 4) is 0 Å². The second-order valence-electron chi connectivity index (χ2n) is 7.89. The number of carbonyl (C=O) groups is 2. The van der Waals surface area contributed by atoms with E-state index in [1.165, 1.54) is 0 Å². The molecule has 0 bridgehead atoms. The molecule has 0 saturated heterocycles. The average Bonchev–Trinajstić information content (AvgIpc) is 2.85. The van der Waals surface area contributed by atoms with Gasteiger partial charge in [-0.25, -0.2) is 4.79 Å². The van der Waals surface area contributed by atoms with E-state index in [1.54, 1.807) is 38.1 Å². The van der Waals surface area contributed by atoms with Crippen LogP contribution in [-0.4, -0.2) is 36.2 Å². The molecular formula is C27H30NO6P. The molecule has 1 amide bonds. The highest BCUT2D eigenvalue weighted by molar-refractivity contribution is 7.53. The number of benzene rings is 3. The number of carbonyl (C=O) groups excluding carboxylic acids is 1. The number of carboxylic acids is 1. The molecule has 0 aliphatic heterocycles. The van der Waals surface area contributed by atoms with Gasteiger partial charge in [-0.15, -0.1) is 0 Å². The van der Waals surface area contributed by atoms with Crippen LogP contribution in [-0.2, 0) is 24.6 Å². The van der Waals surface area contributed by atoms with Crippen molar-refractivity contribution in [2.24, 2.45) is 0 Å². The number of carboxylic acid groups (broad SMARTS) is 1. The van der Waals surface area contributed by atoms with Gasteiger partial charge >= 0.3 is 13.6 Å². The molecule has 0 radical (unpaired) electrons. The number of amides is 1. The minimum Gasteiger partial charge on any atom is -0.480 e. The molecule has 3 aromatic carbocycles. The van der Waals surface area contributed by atoms with Crippen molar-refractivity contribution < 1.29 is 28.3 Å². The predicted octanol–water partition coefficient (Wildman–Crippen LogP) is 5.47. The van der Waals surface area contributed by atoms with E-state index >= 15 is 0 Å². The van der Waals surface area contributed by atoms with Gasteiger partial charge in [0.2, 0.25) is 0 Å². The quantitative estimate of drug-likeness (QED) is 0.323. The van der Waals surface area contributed by atoms with Crippen molar-refractivity contribution in [1.82, 2.24) is 5.32 Å². The highest BCUT2D eigenvalue weighted by atomic mass is 31.2. The summed E-state index contributed by atoms with van der Waals surface area (Å²) in [5.41, 5.74) is 2.55. The molecule has 0 fully saturated rings. The number of hydrogen-bond donors (Lipinski definition) is 2. The van der Waals surface area contributed by atoms with E-state index < -0.39 is 31.4 Å². The van der Waals surface area contributed by atoms with Crippen molar-refractivity contribution in [2.75, 3.05) is 13.2 Å². The van der Waals surface area contributed by atoms with Crippen LogP contribution < -0.4 is 5.32 Å². The van der Waals surface area contributed by atoms with Crippen LogP contribution in [0.4, 0.5) is 0 Å². The molecule has 3 aromatic rings. The largest absolute Gasteiger partial charge is 0.480 e. The van der Waals surface area contributed by atoms with E-state index in [4.69, 9.17) is 9.05 Å². The molecule has 8 heteroatoms. The van der Waals surface area contributed by atoms with Crippen LogP contribution >= 0.6 is 7.60 Å². The van der Waals surface area contributed by atoms with Crippen molar-refractivity contribution in [2.45, 2.75) is 32.0 Å². The summed E-state index contributed by atoms with van der Waals surface area (Å²) in [5.74, 6) is -2.23. The van der Waals surface area contributed by atoms with Crippen LogP contribution in [0.3, 0.4) is 0 Å². The molecule has 0 aliphatic rings. The molecule has 184 valence electrons. The normalized spacial score (nSPS) is 12.3. The average molecular weight is 496 g/mol. The fourth-order valence-electron chi connectivity index (χ4n) is 3.92. The predicted molar refractivity (Wildman–Crippen MR) is 135 cm³/mol. The molecule has 7 nitrogen and oxygen atoms in total. The Bertz CT molecular complexity index is 1100. The molecule has 0 aromatic heterocycles. The highest BCUT2D eigenvalue weighted by Crippen LogP contribution is 2.51. The van der Waals surface area contributed by atoms with Gasteiger partial charge in [0.05, 0.1) is 19.4 Å². The van der Waals surface area contributed by atoms with Crippen molar-refractivity contribution in [3.05, 3.63) is 107 Å². The van der Waals surface area contributed by atoms with Gasteiger partial charge in [0.1, 0.15) is 6.04 Å². The molecule has 35 heavy (non-hydrogen) atoms. The summed E-state index contributed by atoms with van der Waals surface area (Å²) >= 11 is 0. The summed E-state index contributed by atoms with van der Waals surface area (Å²) < 4.78 is 23.4. The van der Waals surface area contributed by atoms with Crippen LogP contribution in [0.2, 0.25) is 0 Å². The minimum atomic E-state index is -3.28. The number of hydrogen-bond acceptors (Lipinski definition) is 5. The van der Waals surface area contributed by atoms with Gasteiger partial charge in [-0.2, -0.15) is 0 Å². The Hall–Kier alpha value is -3.25. The van der Waals surface area contributed by atoms with E-state index in [9.17, 15) is 19.3 Å². The number of aliphatic carboxylic acids is 1. The summed E-state index contributed by atoms with van der Waals surface area (Å²) in [4.78, 5) is 25.4. The van der Waals surface area contributed by atoms with Gasteiger partial charge in [-0.3, -0.25) is 9.36 Å². The van der Waals surface area contributed by atoms with Gasteiger partial charge in [-0.05, 0) is 42.7 Å². The summed E-state index contributed by atoms with van der Waals surface area (Å²) in [6.07, 6.45) is 0.0818. The van der Waals surface area contributed by atoms with E-state index in [2.05, 4.69) is 5.32 Å². The minimum absolute atomic E-state index is 0.0818. The first kappa shape index (κ1) is 26.4. The standard InChI is InChI=1S/C27H30NO6P/c1-3-33-35(32,34-4-2)19-20-15-17-23(18-16-20)26(29)28-25(27(30)31)24(21-11-7-5-8-12-21)22-13-9-6-10-14-22/h5-18,24-25H,3-4,19H2,1-2H3,(H,28,29)(H,30,31)/t25-/m1/s1. The third-order valence-corrected chi connectivity index (χ3v) is 7.50. The number of rotatable bonds is 12. The van der Waals surface area contributed by atoms with Crippen LogP contribution in [0.25, 0.3) is 0 Å². The molecule has 3 rings (SSSR count). The first-order valence-corrected chi connectivity index (χ1v) is 13.2. The smallest absolute Gasteiger partial charge is 0.335 e. The summed E-state index contributed by atoms with van der Waals surface area (Å²) in [7, 11) is -3.28. The lowest BCUT2D eigenvalue weighted by molar-refractivity contribution is -0.139. The Kier molecular flexibility index (Phi) is 9.38. The fraction of sp³-hybridized carbons (Fsp3) is 0.259. The maximum atomic E-state index is 13.0. The topological polar surface area (TPSA) is 102 Å². The van der Waals surface area contributed by atoms with Crippen molar-refractivity contribution >= 4 is 19.5 Å². The molecule has 0 heterocycles. The Labute approximate surface area is 205 Å². The third-order valence-electron chi connectivity index (χ3n) is 5.45. The molecule has 0 unspecified atom stereocenters. The molecule has 2 N–H and O–H groups in total. The lowest BCUT2D eigenvalue weighted by atomic mass is 9.85. The second-order valence-corrected chi connectivity index (χ2v) is 9.94. The zero-order valence-corrected chi connectivity index (χ0v) is 20.7.